The molecule has 0 unspecified atom stereocenters. The lowest BCUT2D eigenvalue weighted by atomic mass is 10.0. The number of benzene rings is 1. The second-order valence-electron chi connectivity index (χ2n) is 4.11. The van der Waals surface area contributed by atoms with Crippen molar-refractivity contribution in [2.45, 2.75) is 6.92 Å². The van der Waals surface area contributed by atoms with Crippen LogP contribution >= 0.6 is 12.1 Å². The van der Waals surface area contributed by atoms with E-state index in [2.05, 4.69) is 46.2 Å². The van der Waals surface area contributed by atoms with Gasteiger partial charge in [0.05, 0.1) is 23.5 Å². The van der Waals surface area contributed by atoms with Crippen LogP contribution in [-0.2, 0) is 0 Å². The van der Waals surface area contributed by atoms with E-state index < -0.39 is 0 Å². The van der Waals surface area contributed by atoms with Gasteiger partial charge in [-0.3, -0.25) is 9.29 Å². The Morgan fingerprint density at radius 1 is 1.29 bits per heavy atom. The first-order chi connectivity index (χ1) is 8.25. The van der Waals surface area contributed by atoms with Gasteiger partial charge < -0.3 is 4.72 Å². The molecule has 2 heterocycles. The van der Waals surface area contributed by atoms with Crippen molar-refractivity contribution in [2.24, 2.45) is 0 Å². The van der Waals surface area contributed by atoms with Crippen molar-refractivity contribution in [1.29, 1.82) is 0 Å². The van der Waals surface area contributed by atoms with Crippen molar-refractivity contribution < 1.29 is 0 Å². The molecule has 1 aromatic carbocycles. The molecule has 1 aliphatic rings. The maximum Gasteiger partial charge on any atom is 0.0729 e. The number of fused-ring (bicyclic) bond motifs is 1. The van der Waals surface area contributed by atoms with E-state index in [4.69, 9.17) is 0 Å². The number of pyridine rings is 1. The van der Waals surface area contributed by atoms with Crippen LogP contribution in [0.4, 0.5) is 11.4 Å². The Labute approximate surface area is 105 Å². The zero-order chi connectivity index (χ0) is 11.8. The molecule has 1 aromatic heterocycles. The third-order valence-corrected chi connectivity index (χ3v) is 3.76. The highest BCUT2D eigenvalue weighted by atomic mass is 32.2. The molecule has 0 atom stereocenters. The molecule has 0 radical (unpaired) electrons. The molecule has 1 N–H and O–H groups in total. The van der Waals surface area contributed by atoms with Crippen molar-refractivity contribution >= 4 is 23.5 Å². The summed E-state index contributed by atoms with van der Waals surface area (Å²) in [5, 5.41) is 0. The number of hydrogen-bond acceptors (Lipinski definition) is 4. The van der Waals surface area contributed by atoms with E-state index in [1.54, 1.807) is 12.1 Å². The molecule has 1 aliphatic heterocycles. The average molecular weight is 243 g/mol. The largest absolute Gasteiger partial charge is 0.310 e. The first kappa shape index (κ1) is 10.5. The topological polar surface area (TPSA) is 28.2 Å². The van der Waals surface area contributed by atoms with Gasteiger partial charge in [-0.2, -0.15) is 0 Å². The van der Waals surface area contributed by atoms with Crippen molar-refractivity contribution in [1.82, 2.24) is 4.98 Å². The third-order valence-electron chi connectivity index (χ3n) is 2.98. The molecule has 3 nitrogen and oxygen atoms in total. The highest BCUT2D eigenvalue weighted by Crippen LogP contribution is 2.40. The number of nitrogens with one attached hydrogen (secondary N) is 1. The molecule has 0 fully saturated rings. The zero-order valence-corrected chi connectivity index (χ0v) is 10.6. The van der Waals surface area contributed by atoms with E-state index in [9.17, 15) is 0 Å². The zero-order valence-electron chi connectivity index (χ0n) is 9.77. The van der Waals surface area contributed by atoms with Gasteiger partial charge in [-0.15, -0.1) is 0 Å². The second kappa shape index (κ2) is 3.96. The van der Waals surface area contributed by atoms with Crippen molar-refractivity contribution in [3.63, 3.8) is 0 Å². The molecule has 0 amide bonds. The summed E-state index contributed by atoms with van der Waals surface area (Å²) in [4.78, 5) is 4.20. The minimum absolute atomic E-state index is 1.17. The fourth-order valence-corrected chi connectivity index (χ4v) is 2.64. The lowest BCUT2D eigenvalue weighted by Gasteiger charge is -2.10. The summed E-state index contributed by atoms with van der Waals surface area (Å²) in [7, 11) is 2.06. The molecule has 0 saturated heterocycles. The van der Waals surface area contributed by atoms with Gasteiger partial charge in [0.15, 0.2) is 0 Å². The second-order valence-corrected chi connectivity index (χ2v) is 5.05. The van der Waals surface area contributed by atoms with E-state index in [1.165, 1.54) is 28.1 Å². The highest BCUT2D eigenvalue weighted by molar-refractivity contribution is 8.02. The summed E-state index contributed by atoms with van der Waals surface area (Å²) in [5.41, 5.74) is 6.05. The molecule has 17 heavy (non-hydrogen) atoms. The molecular weight excluding hydrogens is 230 g/mol. The van der Waals surface area contributed by atoms with Gasteiger partial charge in [0.25, 0.3) is 0 Å². The summed E-state index contributed by atoms with van der Waals surface area (Å²) in [6.45, 7) is 2.11. The molecule has 0 spiro atoms. The molecule has 0 aliphatic carbocycles. The Hall–Kier alpha value is -1.68. The van der Waals surface area contributed by atoms with Crippen LogP contribution in [0, 0.1) is 6.92 Å². The van der Waals surface area contributed by atoms with Crippen LogP contribution in [0.3, 0.4) is 0 Å². The number of aromatic nitrogens is 1. The van der Waals surface area contributed by atoms with Crippen LogP contribution < -0.4 is 9.03 Å². The summed E-state index contributed by atoms with van der Waals surface area (Å²) < 4.78 is 5.40. The highest BCUT2D eigenvalue weighted by Gasteiger charge is 2.17. The maximum atomic E-state index is 4.20. The van der Waals surface area contributed by atoms with Crippen molar-refractivity contribution in [3.8, 4) is 11.1 Å². The number of nitrogens with zero attached hydrogens (tertiary/aromatic N) is 2. The molecule has 86 valence electrons. The Balaban J connectivity index is 2.11. The lowest BCUT2D eigenvalue weighted by Crippen LogP contribution is -2.00. The third kappa shape index (κ3) is 1.74. The van der Waals surface area contributed by atoms with Crippen LogP contribution in [-0.4, -0.2) is 12.0 Å². The van der Waals surface area contributed by atoms with Gasteiger partial charge in [-0.05, 0) is 36.2 Å². The van der Waals surface area contributed by atoms with Gasteiger partial charge in [-0.1, -0.05) is 6.07 Å². The summed E-state index contributed by atoms with van der Waals surface area (Å²) in [5.74, 6) is 0. The van der Waals surface area contributed by atoms with Gasteiger partial charge in [0.2, 0.25) is 0 Å². The van der Waals surface area contributed by atoms with Crippen LogP contribution in [0.2, 0.25) is 0 Å². The molecule has 4 heteroatoms. The van der Waals surface area contributed by atoms with Crippen molar-refractivity contribution in [3.05, 3.63) is 42.2 Å². The van der Waals surface area contributed by atoms with Crippen LogP contribution in [0.25, 0.3) is 11.1 Å². The van der Waals surface area contributed by atoms with Crippen LogP contribution in [0.5, 0.6) is 0 Å². The minimum Gasteiger partial charge on any atom is -0.310 e. The minimum atomic E-state index is 1.17. The molecule has 0 saturated carbocycles. The summed E-state index contributed by atoms with van der Waals surface area (Å²) >= 11 is 1.60. The normalized spacial score (nSPS) is 13.4. The number of anilines is 2. The average Bonchev–Trinajstić information content (AvgIpc) is 2.71. The Morgan fingerprint density at radius 3 is 3.00 bits per heavy atom. The summed E-state index contributed by atoms with van der Waals surface area (Å²) in [6, 6.07) is 8.49. The predicted molar refractivity (Wildman–Crippen MR) is 74.0 cm³/mol. The maximum absolute atomic E-state index is 4.20. The Bertz CT molecular complexity index is 568. The monoisotopic (exact) mass is 243 g/mol. The summed E-state index contributed by atoms with van der Waals surface area (Å²) in [6.07, 6.45) is 3.75. The fraction of sp³-hybridized carbons (Fsp3) is 0.154. The number of aryl methyl sites for hydroxylation is 1. The van der Waals surface area contributed by atoms with E-state index in [0.29, 0.717) is 0 Å². The smallest absolute Gasteiger partial charge is 0.0729 e. The fourth-order valence-electron chi connectivity index (χ4n) is 1.98. The van der Waals surface area contributed by atoms with Gasteiger partial charge in [0.1, 0.15) is 0 Å². The molecular formula is C13H13N3S. The van der Waals surface area contributed by atoms with Crippen molar-refractivity contribution in [2.75, 3.05) is 16.1 Å². The van der Waals surface area contributed by atoms with Crippen LogP contribution in [0.15, 0.2) is 36.7 Å². The molecule has 2 aromatic rings. The Morgan fingerprint density at radius 2 is 2.18 bits per heavy atom. The standard InChI is InChI=1S/C13H13N3S/c1-9-5-6-14-8-11(9)10-3-4-12-13(7-10)16(2)17-15-12/h3-8,15H,1-2H3. The van der Waals surface area contributed by atoms with E-state index in [0.717, 1.165) is 0 Å². The Kier molecular flexibility index (Phi) is 2.44. The lowest BCUT2D eigenvalue weighted by molar-refractivity contribution is 1.28. The molecule has 3 rings (SSSR count). The quantitative estimate of drug-likeness (QED) is 0.776. The van der Waals surface area contributed by atoms with E-state index in [-0.39, 0.29) is 0 Å². The predicted octanol–water partition coefficient (Wildman–Crippen LogP) is 3.48. The van der Waals surface area contributed by atoms with Gasteiger partial charge in [-0.25, -0.2) is 0 Å². The van der Waals surface area contributed by atoms with Gasteiger partial charge in [0, 0.05) is 25.0 Å². The van der Waals surface area contributed by atoms with Gasteiger partial charge >= 0.3 is 0 Å². The van der Waals surface area contributed by atoms with Crippen LogP contribution in [0.1, 0.15) is 5.56 Å². The number of rotatable bonds is 1. The van der Waals surface area contributed by atoms with E-state index >= 15 is 0 Å². The number of hydrogen-bond donors (Lipinski definition) is 1. The SMILES string of the molecule is Cc1ccncc1-c1ccc2c(c1)N(C)SN2. The van der Waals surface area contributed by atoms with E-state index in [1.807, 2.05) is 18.5 Å². The molecule has 0 bridgehead atoms. The first-order valence-corrected chi connectivity index (χ1v) is 6.25. The first-order valence-electron chi connectivity index (χ1n) is 5.47.